The van der Waals surface area contributed by atoms with Gasteiger partial charge in [0.1, 0.15) is 5.78 Å². The van der Waals surface area contributed by atoms with Crippen LogP contribution in [0.1, 0.15) is 24.8 Å². The Bertz CT molecular complexity index is 978. The molecule has 0 N–H and O–H groups in total. The van der Waals surface area contributed by atoms with Crippen molar-refractivity contribution in [2.24, 2.45) is 17.8 Å². The molecule has 1 saturated heterocycles. The normalized spacial score (nSPS) is 23.2. The molecule has 4 rings (SSSR count). The molecule has 1 aliphatic heterocycles. The Kier molecular flexibility index (Phi) is 5.62. The fourth-order valence-corrected chi connectivity index (χ4v) is 4.69. The first-order valence-corrected chi connectivity index (χ1v) is 10.2. The summed E-state index contributed by atoms with van der Waals surface area (Å²) in [5.74, 6) is -3.46. The van der Waals surface area contributed by atoms with Gasteiger partial charge in [-0.1, -0.05) is 24.3 Å². The van der Waals surface area contributed by atoms with Gasteiger partial charge in [-0.15, -0.1) is 0 Å². The van der Waals surface area contributed by atoms with Crippen LogP contribution in [0.5, 0.6) is 0 Å². The van der Waals surface area contributed by atoms with Crippen molar-refractivity contribution in [3.8, 4) is 0 Å². The Labute approximate surface area is 172 Å². The van der Waals surface area contributed by atoms with Crippen molar-refractivity contribution in [3.05, 3.63) is 54.2 Å². The molecule has 2 atom stereocenters. The quantitative estimate of drug-likeness (QED) is 0.700. The third-order valence-electron chi connectivity index (χ3n) is 6.22. The number of carbonyl (C=O) groups is 2. The van der Waals surface area contributed by atoms with Gasteiger partial charge in [0.05, 0.1) is 17.9 Å². The fraction of sp³-hybridized carbons (Fsp3) is 0.435. The number of carbonyl (C=O) groups excluding carboxylic acids is 2. The predicted molar refractivity (Wildman–Crippen MR) is 107 cm³/mol. The summed E-state index contributed by atoms with van der Waals surface area (Å²) in [5, 5.41) is 0.962. The van der Waals surface area contributed by atoms with Crippen molar-refractivity contribution in [3.63, 3.8) is 0 Å². The van der Waals surface area contributed by atoms with E-state index in [1.165, 1.54) is 6.08 Å². The second-order valence-corrected chi connectivity index (χ2v) is 8.12. The molecule has 1 aliphatic carbocycles. The number of piperidine rings is 1. The fourth-order valence-electron chi connectivity index (χ4n) is 4.69. The number of Topliss-reactive ketones (excluding diaryl/α,β-unsaturated/α-hetero) is 1. The number of aromatic nitrogens is 1. The Morgan fingerprint density at radius 1 is 1.17 bits per heavy atom. The third kappa shape index (κ3) is 4.25. The second-order valence-electron chi connectivity index (χ2n) is 8.12. The summed E-state index contributed by atoms with van der Waals surface area (Å²) >= 11 is 0. The van der Waals surface area contributed by atoms with Gasteiger partial charge < -0.3 is 4.90 Å². The van der Waals surface area contributed by atoms with E-state index in [1.54, 1.807) is 11.1 Å². The van der Waals surface area contributed by atoms with Crippen molar-refractivity contribution < 1.29 is 22.8 Å². The first-order chi connectivity index (χ1) is 14.3. The first-order valence-electron chi connectivity index (χ1n) is 10.2. The van der Waals surface area contributed by atoms with Gasteiger partial charge in [-0.25, -0.2) is 0 Å². The number of hydrogen-bond donors (Lipinski definition) is 0. The Balaban J connectivity index is 1.39. The molecule has 2 aliphatic rings. The standard InChI is InChI=1S/C23H23F3N2O2/c24-23(25,26)18-4-1-5-20(29)22(18)16-8-11-28(12-9-16)21(30)14-15-6-7-19-17(13-15)3-2-10-27-19/h1-4,6-7,10,13,16,18,22H,5,8-9,11-12,14H2. The molecule has 2 heterocycles. The van der Waals surface area contributed by atoms with Crippen molar-refractivity contribution in [1.29, 1.82) is 0 Å². The third-order valence-corrected chi connectivity index (χ3v) is 6.22. The van der Waals surface area contributed by atoms with E-state index in [4.69, 9.17) is 0 Å². The van der Waals surface area contributed by atoms with Crippen LogP contribution in [0.4, 0.5) is 13.2 Å². The number of amides is 1. The molecule has 158 valence electrons. The van der Waals surface area contributed by atoms with Crippen LogP contribution in [0.15, 0.2) is 48.7 Å². The number of hydrogen-bond acceptors (Lipinski definition) is 3. The van der Waals surface area contributed by atoms with Crippen molar-refractivity contribution in [1.82, 2.24) is 9.88 Å². The van der Waals surface area contributed by atoms with Gasteiger partial charge in [-0.2, -0.15) is 13.2 Å². The number of likely N-dealkylation sites (tertiary alicyclic amines) is 1. The van der Waals surface area contributed by atoms with Crippen LogP contribution in [0.25, 0.3) is 10.9 Å². The number of pyridine rings is 1. The van der Waals surface area contributed by atoms with E-state index < -0.39 is 18.0 Å². The Hall–Kier alpha value is -2.70. The molecule has 0 saturated carbocycles. The molecular formula is C23H23F3N2O2. The summed E-state index contributed by atoms with van der Waals surface area (Å²) in [4.78, 5) is 31.0. The lowest BCUT2D eigenvalue weighted by Crippen LogP contribution is -2.46. The van der Waals surface area contributed by atoms with Gasteiger partial charge in [-0.05, 0) is 42.5 Å². The molecule has 2 unspecified atom stereocenters. The van der Waals surface area contributed by atoms with Gasteiger partial charge in [-0.3, -0.25) is 14.6 Å². The van der Waals surface area contributed by atoms with Crippen LogP contribution in [-0.2, 0) is 16.0 Å². The monoisotopic (exact) mass is 416 g/mol. The zero-order chi connectivity index (χ0) is 21.3. The highest BCUT2D eigenvalue weighted by molar-refractivity contribution is 5.85. The van der Waals surface area contributed by atoms with E-state index in [9.17, 15) is 22.8 Å². The van der Waals surface area contributed by atoms with E-state index in [-0.39, 0.29) is 30.4 Å². The van der Waals surface area contributed by atoms with Crippen molar-refractivity contribution in [2.45, 2.75) is 31.9 Å². The molecule has 0 bridgehead atoms. The SMILES string of the molecule is O=C1CC=CC(C(F)(F)F)C1C1CCN(C(=O)Cc2ccc3ncccc3c2)CC1. The van der Waals surface area contributed by atoms with Crippen molar-refractivity contribution in [2.75, 3.05) is 13.1 Å². The van der Waals surface area contributed by atoms with E-state index in [0.29, 0.717) is 25.9 Å². The number of fused-ring (bicyclic) bond motifs is 1. The largest absolute Gasteiger partial charge is 0.395 e. The maximum absolute atomic E-state index is 13.4. The minimum Gasteiger partial charge on any atom is -0.342 e. The Morgan fingerprint density at radius 3 is 2.67 bits per heavy atom. The highest BCUT2D eigenvalue weighted by atomic mass is 19.4. The molecule has 1 amide bonds. The highest BCUT2D eigenvalue weighted by Gasteiger charge is 2.49. The molecule has 0 spiro atoms. The van der Waals surface area contributed by atoms with E-state index >= 15 is 0 Å². The van der Waals surface area contributed by atoms with Crippen LogP contribution < -0.4 is 0 Å². The number of halogens is 3. The average molecular weight is 416 g/mol. The Morgan fingerprint density at radius 2 is 1.93 bits per heavy atom. The summed E-state index contributed by atoms with van der Waals surface area (Å²) in [6, 6.07) is 9.47. The molecule has 2 aromatic rings. The highest BCUT2D eigenvalue weighted by Crippen LogP contribution is 2.43. The van der Waals surface area contributed by atoms with Crippen LogP contribution in [0.2, 0.25) is 0 Å². The topological polar surface area (TPSA) is 50.3 Å². The van der Waals surface area contributed by atoms with E-state index in [0.717, 1.165) is 22.5 Å². The molecule has 4 nitrogen and oxygen atoms in total. The minimum absolute atomic E-state index is 0.0427. The number of nitrogens with zero attached hydrogens (tertiary/aromatic N) is 2. The van der Waals surface area contributed by atoms with Crippen LogP contribution in [0.3, 0.4) is 0 Å². The zero-order valence-electron chi connectivity index (χ0n) is 16.4. The lowest BCUT2D eigenvalue weighted by Gasteiger charge is -2.39. The van der Waals surface area contributed by atoms with E-state index in [1.807, 2.05) is 30.3 Å². The average Bonchev–Trinajstić information content (AvgIpc) is 2.73. The summed E-state index contributed by atoms with van der Waals surface area (Å²) in [6.07, 6.45) is 0.906. The number of benzene rings is 1. The van der Waals surface area contributed by atoms with Crippen molar-refractivity contribution >= 4 is 22.6 Å². The van der Waals surface area contributed by atoms with Gasteiger partial charge in [0.2, 0.25) is 5.91 Å². The minimum atomic E-state index is -4.42. The van der Waals surface area contributed by atoms with Gasteiger partial charge in [0.15, 0.2) is 0 Å². The first kappa shape index (κ1) is 20.6. The number of rotatable bonds is 3. The van der Waals surface area contributed by atoms with E-state index in [2.05, 4.69) is 4.98 Å². The molecule has 1 aromatic heterocycles. The van der Waals surface area contributed by atoms with Crippen LogP contribution in [0, 0.1) is 17.8 Å². The summed E-state index contributed by atoms with van der Waals surface area (Å²) in [6.45, 7) is 0.771. The summed E-state index contributed by atoms with van der Waals surface area (Å²) in [7, 11) is 0. The summed E-state index contributed by atoms with van der Waals surface area (Å²) in [5.41, 5.74) is 1.74. The molecule has 1 fully saturated rings. The number of alkyl halides is 3. The lowest BCUT2D eigenvalue weighted by atomic mass is 9.71. The predicted octanol–water partition coefficient (Wildman–Crippen LogP) is 4.34. The molecule has 1 aromatic carbocycles. The zero-order valence-corrected chi connectivity index (χ0v) is 16.4. The maximum atomic E-state index is 13.4. The number of allylic oxidation sites excluding steroid dienone is 2. The smallest absolute Gasteiger partial charge is 0.342 e. The second kappa shape index (κ2) is 8.20. The lowest BCUT2D eigenvalue weighted by molar-refractivity contribution is -0.185. The maximum Gasteiger partial charge on any atom is 0.395 e. The van der Waals surface area contributed by atoms with Gasteiger partial charge >= 0.3 is 6.18 Å². The molecule has 7 heteroatoms. The van der Waals surface area contributed by atoms with Crippen LogP contribution >= 0.6 is 0 Å². The molecule has 30 heavy (non-hydrogen) atoms. The molecular weight excluding hydrogens is 393 g/mol. The van der Waals surface area contributed by atoms with Gasteiger partial charge in [0.25, 0.3) is 0 Å². The number of ketones is 1. The summed E-state index contributed by atoms with van der Waals surface area (Å²) < 4.78 is 40.2. The van der Waals surface area contributed by atoms with Crippen LogP contribution in [-0.4, -0.2) is 40.8 Å². The van der Waals surface area contributed by atoms with Gasteiger partial charge in [0, 0.05) is 37.0 Å². The molecule has 0 radical (unpaired) electrons.